The summed E-state index contributed by atoms with van der Waals surface area (Å²) < 4.78 is 5.57. The Morgan fingerprint density at radius 3 is 2.57 bits per heavy atom. The van der Waals surface area contributed by atoms with Crippen LogP contribution in [0.3, 0.4) is 0 Å². The van der Waals surface area contributed by atoms with Crippen molar-refractivity contribution >= 4 is 17.4 Å². The topological polar surface area (TPSA) is 63.2 Å². The Balaban J connectivity index is 1.84. The summed E-state index contributed by atoms with van der Waals surface area (Å²) in [7, 11) is 0. The fourth-order valence-electron chi connectivity index (χ4n) is 1.60. The number of hydrogen-bond acceptors (Lipinski definition) is 4. The van der Waals surface area contributed by atoms with Crippen LogP contribution < -0.4 is 15.4 Å². The highest BCUT2D eigenvalue weighted by molar-refractivity contribution is 7.11. The van der Waals surface area contributed by atoms with Gasteiger partial charge in [0.05, 0.1) is 0 Å². The zero-order valence-corrected chi connectivity index (χ0v) is 13.2. The van der Waals surface area contributed by atoms with E-state index in [-0.39, 0.29) is 11.6 Å². The van der Waals surface area contributed by atoms with Crippen LogP contribution in [0, 0.1) is 0 Å². The molecule has 1 aromatic carbocycles. The van der Waals surface area contributed by atoms with Crippen LogP contribution in [0.1, 0.15) is 26.3 Å². The number of nitrogens with zero attached hydrogens (tertiary/aromatic N) is 1. The van der Waals surface area contributed by atoms with Crippen molar-refractivity contribution in [3.05, 3.63) is 41.4 Å². The van der Waals surface area contributed by atoms with E-state index in [1.165, 1.54) is 11.3 Å². The molecular weight excluding hydrogens is 286 g/mol. The SMILES string of the molecule is CC(C)(C)NC(=O)NCc1ccc(Oc2nccs2)cc1. The molecule has 0 radical (unpaired) electrons. The third-order valence-corrected chi connectivity index (χ3v) is 3.13. The molecule has 0 spiro atoms. The van der Waals surface area contributed by atoms with Crippen molar-refractivity contribution in [3.63, 3.8) is 0 Å². The Bertz CT molecular complexity index is 574. The lowest BCUT2D eigenvalue weighted by molar-refractivity contribution is 0.231. The van der Waals surface area contributed by atoms with Crippen LogP contribution >= 0.6 is 11.3 Å². The molecule has 2 amide bonds. The third-order valence-electron chi connectivity index (χ3n) is 2.48. The molecule has 0 aliphatic heterocycles. The van der Waals surface area contributed by atoms with E-state index in [4.69, 9.17) is 4.74 Å². The fourth-order valence-corrected chi connectivity index (χ4v) is 2.11. The van der Waals surface area contributed by atoms with Gasteiger partial charge in [0.15, 0.2) is 0 Å². The van der Waals surface area contributed by atoms with Crippen molar-refractivity contribution in [1.29, 1.82) is 0 Å². The van der Waals surface area contributed by atoms with Crippen LogP contribution in [0.15, 0.2) is 35.8 Å². The first kappa shape index (κ1) is 15.3. The standard InChI is InChI=1S/C15H19N3O2S/c1-15(2,3)18-13(19)17-10-11-4-6-12(7-5-11)20-14-16-8-9-21-14/h4-9H,10H2,1-3H3,(H2,17,18,19). The van der Waals surface area contributed by atoms with E-state index < -0.39 is 0 Å². The van der Waals surface area contributed by atoms with Gasteiger partial charge in [0.2, 0.25) is 0 Å². The van der Waals surface area contributed by atoms with Gasteiger partial charge in [-0.25, -0.2) is 9.78 Å². The number of urea groups is 1. The molecular formula is C15H19N3O2S. The zero-order valence-electron chi connectivity index (χ0n) is 12.3. The van der Waals surface area contributed by atoms with Crippen molar-refractivity contribution in [3.8, 4) is 10.9 Å². The predicted molar refractivity (Wildman–Crippen MR) is 83.8 cm³/mol. The molecule has 6 heteroatoms. The number of benzene rings is 1. The Kier molecular flexibility index (Phi) is 4.80. The van der Waals surface area contributed by atoms with Gasteiger partial charge in [0.1, 0.15) is 5.75 Å². The van der Waals surface area contributed by atoms with Crippen LogP contribution in [0.2, 0.25) is 0 Å². The molecule has 21 heavy (non-hydrogen) atoms. The second-order valence-corrected chi connectivity index (χ2v) is 6.46. The third kappa shape index (κ3) is 5.43. The first-order chi connectivity index (χ1) is 9.92. The maximum Gasteiger partial charge on any atom is 0.315 e. The van der Waals surface area contributed by atoms with E-state index >= 15 is 0 Å². The van der Waals surface area contributed by atoms with E-state index in [0.29, 0.717) is 11.7 Å². The van der Waals surface area contributed by atoms with Crippen molar-refractivity contribution in [1.82, 2.24) is 15.6 Å². The van der Waals surface area contributed by atoms with E-state index in [1.807, 2.05) is 50.4 Å². The number of aromatic nitrogens is 1. The number of nitrogens with one attached hydrogen (secondary N) is 2. The molecule has 0 unspecified atom stereocenters. The van der Waals surface area contributed by atoms with Crippen LogP contribution in [0.4, 0.5) is 4.79 Å². The summed E-state index contributed by atoms with van der Waals surface area (Å²) in [5.41, 5.74) is 0.765. The molecule has 0 saturated heterocycles. The van der Waals surface area contributed by atoms with E-state index in [2.05, 4.69) is 15.6 Å². The minimum atomic E-state index is -0.241. The van der Waals surface area contributed by atoms with E-state index in [1.54, 1.807) is 6.20 Å². The van der Waals surface area contributed by atoms with Crippen LogP contribution in [-0.2, 0) is 6.54 Å². The predicted octanol–water partition coefficient (Wildman–Crippen LogP) is 3.53. The lowest BCUT2D eigenvalue weighted by atomic mass is 10.1. The number of thiazole rings is 1. The number of ether oxygens (including phenoxy) is 1. The Hall–Kier alpha value is -2.08. The highest BCUT2D eigenvalue weighted by Gasteiger charge is 2.12. The van der Waals surface area contributed by atoms with Gasteiger partial charge in [-0.1, -0.05) is 23.5 Å². The molecule has 112 valence electrons. The Morgan fingerprint density at radius 1 is 1.29 bits per heavy atom. The van der Waals surface area contributed by atoms with Gasteiger partial charge >= 0.3 is 6.03 Å². The first-order valence-corrected chi connectivity index (χ1v) is 7.53. The fraction of sp³-hybridized carbons (Fsp3) is 0.333. The molecule has 2 aromatic rings. The smallest absolute Gasteiger partial charge is 0.315 e. The Labute approximate surface area is 128 Å². The molecule has 1 aromatic heterocycles. The minimum absolute atomic E-state index is 0.175. The maximum absolute atomic E-state index is 11.7. The quantitative estimate of drug-likeness (QED) is 0.908. The van der Waals surface area contributed by atoms with Gasteiger partial charge in [-0.2, -0.15) is 0 Å². The summed E-state index contributed by atoms with van der Waals surface area (Å²) in [6, 6.07) is 7.38. The van der Waals surface area contributed by atoms with Gasteiger partial charge in [-0.15, -0.1) is 0 Å². The van der Waals surface area contributed by atoms with Crippen LogP contribution in [-0.4, -0.2) is 16.6 Å². The number of hydrogen-bond donors (Lipinski definition) is 2. The molecule has 2 N–H and O–H groups in total. The van der Waals surface area contributed by atoms with Gasteiger partial charge in [0, 0.05) is 23.7 Å². The summed E-state index contributed by atoms with van der Waals surface area (Å²) in [4.78, 5) is 15.7. The number of carbonyl (C=O) groups excluding carboxylic acids is 1. The molecule has 0 aliphatic carbocycles. The molecule has 0 atom stereocenters. The second-order valence-electron chi connectivity index (χ2n) is 5.60. The average molecular weight is 305 g/mol. The summed E-state index contributed by atoms with van der Waals surface area (Å²) in [5, 5.41) is 8.15. The summed E-state index contributed by atoms with van der Waals surface area (Å²) in [6.07, 6.45) is 1.70. The second kappa shape index (κ2) is 6.58. The van der Waals surface area contributed by atoms with Gasteiger partial charge in [0.25, 0.3) is 5.19 Å². The van der Waals surface area contributed by atoms with E-state index in [0.717, 1.165) is 11.3 Å². The highest BCUT2D eigenvalue weighted by Crippen LogP contribution is 2.23. The number of amides is 2. The Morgan fingerprint density at radius 2 is 2.00 bits per heavy atom. The van der Waals surface area contributed by atoms with Crippen LogP contribution in [0.25, 0.3) is 0 Å². The molecule has 2 rings (SSSR count). The van der Waals surface area contributed by atoms with Crippen molar-refractivity contribution in [2.45, 2.75) is 32.9 Å². The largest absolute Gasteiger partial charge is 0.431 e. The molecule has 0 aliphatic rings. The van der Waals surface area contributed by atoms with Gasteiger partial charge in [-0.3, -0.25) is 0 Å². The minimum Gasteiger partial charge on any atom is -0.431 e. The van der Waals surface area contributed by atoms with Gasteiger partial charge in [-0.05, 0) is 38.5 Å². The van der Waals surface area contributed by atoms with Crippen LogP contribution in [0.5, 0.6) is 10.9 Å². The number of carbonyl (C=O) groups is 1. The van der Waals surface area contributed by atoms with Crippen molar-refractivity contribution < 1.29 is 9.53 Å². The summed E-state index contributed by atoms with van der Waals surface area (Å²) >= 11 is 1.44. The first-order valence-electron chi connectivity index (χ1n) is 6.65. The lowest BCUT2D eigenvalue weighted by Gasteiger charge is -2.20. The van der Waals surface area contributed by atoms with Crippen molar-refractivity contribution in [2.24, 2.45) is 0 Å². The summed E-state index contributed by atoms with van der Waals surface area (Å²) in [6.45, 7) is 6.30. The molecule has 5 nitrogen and oxygen atoms in total. The average Bonchev–Trinajstić information content (AvgIpc) is 2.89. The maximum atomic E-state index is 11.7. The van der Waals surface area contributed by atoms with Gasteiger partial charge < -0.3 is 15.4 Å². The molecule has 0 fully saturated rings. The molecule has 1 heterocycles. The lowest BCUT2D eigenvalue weighted by Crippen LogP contribution is -2.46. The normalized spacial score (nSPS) is 11.0. The van der Waals surface area contributed by atoms with E-state index in [9.17, 15) is 4.79 Å². The zero-order chi connectivity index (χ0) is 15.3. The summed E-state index contributed by atoms with van der Waals surface area (Å²) in [5.74, 6) is 0.729. The highest BCUT2D eigenvalue weighted by atomic mass is 32.1. The van der Waals surface area contributed by atoms with Crippen molar-refractivity contribution in [2.75, 3.05) is 0 Å². The number of rotatable bonds is 4. The molecule has 0 bridgehead atoms. The monoisotopic (exact) mass is 305 g/mol. The molecule has 0 saturated carbocycles.